The Labute approximate surface area is 84.8 Å². The van der Waals surface area contributed by atoms with Gasteiger partial charge in [0, 0.05) is 13.2 Å². The molecule has 0 bridgehead atoms. The van der Waals surface area contributed by atoms with Gasteiger partial charge in [-0.2, -0.15) is 18.4 Å². The highest BCUT2D eigenvalue weighted by atomic mass is 19.4. The second kappa shape index (κ2) is 4.17. The number of anilines is 1. The largest absolute Gasteiger partial charge is 0.405 e. The van der Waals surface area contributed by atoms with Crippen molar-refractivity contribution in [2.45, 2.75) is 6.18 Å². The monoisotopic (exact) mass is 215 g/mol. The molecule has 6 heteroatoms. The van der Waals surface area contributed by atoms with E-state index in [1.807, 2.05) is 0 Å². The molecule has 0 N–H and O–H groups in total. The third-order valence-electron chi connectivity index (χ3n) is 1.69. The Morgan fingerprint density at radius 2 is 2.20 bits per heavy atom. The molecule has 0 aliphatic heterocycles. The second-order valence-corrected chi connectivity index (χ2v) is 2.96. The fourth-order valence-corrected chi connectivity index (χ4v) is 1.13. The Hall–Kier alpha value is -1.77. The molecule has 0 aliphatic carbocycles. The molecule has 1 aromatic rings. The summed E-state index contributed by atoms with van der Waals surface area (Å²) in [6.07, 6.45) is -2.96. The number of alkyl halides is 3. The van der Waals surface area contributed by atoms with E-state index in [2.05, 4.69) is 4.98 Å². The van der Waals surface area contributed by atoms with Crippen molar-refractivity contribution in [3.05, 3.63) is 23.9 Å². The number of halogens is 3. The fourth-order valence-electron chi connectivity index (χ4n) is 1.13. The van der Waals surface area contributed by atoms with Crippen LogP contribution in [0, 0.1) is 11.3 Å². The van der Waals surface area contributed by atoms with E-state index in [1.54, 1.807) is 6.07 Å². The lowest BCUT2D eigenvalue weighted by molar-refractivity contribution is -0.119. The number of nitriles is 1. The lowest BCUT2D eigenvalue weighted by atomic mass is 10.2. The van der Waals surface area contributed by atoms with Crippen LogP contribution in [-0.4, -0.2) is 24.8 Å². The quantitative estimate of drug-likeness (QED) is 0.757. The highest BCUT2D eigenvalue weighted by molar-refractivity contribution is 5.52. The summed E-state index contributed by atoms with van der Waals surface area (Å²) in [5, 5.41) is 8.67. The first kappa shape index (κ1) is 11.3. The molecule has 0 unspecified atom stereocenters. The summed E-state index contributed by atoms with van der Waals surface area (Å²) in [6, 6.07) is 4.72. The maximum absolute atomic E-state index is 12.1. The highest BCUT2D eigenvalue weighted by Gasteiger charge is 2.30. The maximum Gasteiger partial charge on any atom is 0.405 e. The van der Waals surface area contributed by atoms with Gasteiger partial charge >= 0.3 is 6.18 Å². The van der Waals surface area contributed by atoms with Gasteiger partial charge in [-0.3, -0.25) is 0 Å². The lowest BCUT2D eigenvalue weighted by Gasteiger charge is -2.20. The predicted octanol–water partition coefficient (Wildman–Crippen LogP) is 1.95. The van der Waals surface area contributed by atoms with Crippen LogP contribution in [0.1, 0.15) is 5.56 Å². The molecular weight excluding hydrogens is 207 g/mol. The Balaban J connectivity index is 2.92. The molecule has 1 rings (SSSR count). The van der Waals surface area contributed by atoms with Crippen LogP contribution < -0.4 is 4.90 Å². The van der Waals surface area contributed by atoms with Crippen LogP contribution in [0.15, 0.2) is 18.3 Å². The van der Waals surface area contributed by atoms with Gasteiger partial charge in [0.05, 0.1) is 5.56 Å². The molecule has 0 saturated carbocycles. The fraction of sp³-hybridized carbons (Fsp3) is 0.333. The van der Waals surface area contributed by atoms with Gasteiger partial charge in [0.1, 0.15) is 18.4 Å². The van der Waals surface area contributed by atoms with Crippen molar-refractivity contribution in [2.75, 3.05) is 18.5 Å². The van der Waals surface area contributed by atoms with E-state index in [9.17, 15) is 13.2 Å². The standard InChI is InChI=1S/C9H8F3N3/c1-15(6-9(10,11)12)8-7(5-13)3-2-4-14-8/h2-4H,6H2,1H3. The third kappa shape index (κ3) is 3.13. The molecular formula is C9H8F3N3. The molecule has 80 valence electrons. The first-order valence-corrected chi connectivity index (χ1v) is 4.07. The topological polar surface area (TPSA) is 39.9 Å². The number of hydrogen-bond acceptors (Lipinski definition) is 3. The van der Waals surface area contributed by atoms with Crippen molar-refractivity contribution in [1.29, 1.82) is 5.26 Å². The van der Waals surface area contributed by atoms with Crippen molar-refractivity contribution >= 4 is 5.82 Å². The Bertz CT molecular complexity index is 381. The van der Waals surface area contributed by atoms with Crippen LogP contribution in [0.25, 0.3) is 0 Å². The van der Waals surface area contributed by atoms with Crippen LogP contribution >= 0.6 is 0 Å². The highest BCUT2D eigenvalue weighted by Crippen LogP contribution is 2.21. The SMILES string of the molecule is CN(CC(F)(F)F)c1ncccc1C#N. The minimum absolute atomic E-state index is 0.0392. The number of rotatable bonds is 2. The van der Waals surface area contributed by atoms with Crippen LogP contribution in [-0.2, 0) is 0 Å². The number of aromatic nitrogens is 1. The van der Waals surface area contributed by atoms with Gasteiger partial charge in [-0.05, 0) is 12.1 Å². The molecule has 0 radical (unpaired) electrons. The van der Waals surface area contributed by atoms with Gasteiger partial charge in [0.15, 0.2) is 0 Å². The van der Waals surface area contributed by atoms with E-state index in [0.717, 1.165) is 4.90 Å². The van der Waals surface area contributed by atoms with Crippen molar-refractivity contribution in [3.8, 4) is 6.07 Å². The average molecular weight is 215 g/mol. The van der Waals surface area contributed by atoms with E-state index in [-0.39, 0.29) is 11.4 Å². The van der Waals surface area contributed by atoms with Gasteiger partial charge in [-0.1, -0.05) is 0 Å². The molecule has 1 heterocycles. The van der Waals surface area contributed by atoms with E-state index in [4.69, 9.17) is 5.26 Å². The number of pyridine rings is 1. The van der Waals surface area contributed by atoms with Crippen molar-refractivity contribution < 1.29 is 13.2 Å². The molecule has 0 spiro atoms. The van der Waals surface area contributed by atoms with E-state index >= 15 is 0 Å². The predicted molar refractivity (Wildman–Crippen MR) is 48.3 cm³/mol. The normalized spacial score (nSPS) is 10.9. The third-order valence-corrected chi connectivity index (χ3v) is 1.69. The average Bonchev–Trinajstić information content (AvgIpc) is 2.15. The molecule has 3 nitrogen and oxygen atoms in total. The summed E-state index contributed by atoms with van der Waals surface area (Å²) in [5.74, 6) is 0.0392. The summed E-state index contributed by atoms with van der Waals surface area (Å²) in [7, 11) is 1.25. The molecule has 0 amide bonds. The Morgan fingerprint density at radius 1 is 1.53 bits per heavy atom. The zero-order valence-corrected chi connectivity index (χ0v) is 7.91. The molecule has 0 aliphatic rings. The van der Waals surface area contributed by atoms with E-state index in [1.165, 1.54) is 25.4 Å². The summed E-state index contributed by atoms with van der Waals surface area (Å²) in [4.78, 5) is 4.64. The summed E-state index contributed by atoms with van der Waals surface area (Å²) < 4.78 is 36.2. The van der Waals surface area contributed by atoms with Gasteiger partial charge in [0.2, 0.25) is 0 Å². The zero-order valence-electron chi connectivity index (χ0n) is 7.91. The molecule has 15 heavy (non-hydrogen) atoms. The molecule has 1 aromatic heterocycles. The van der Waals surface area contributed by atoms with Crippen LogP contribution in [0.3, 0.4) is 0 Å². The Morgan fingerprint density at radius 3 is 2.73 bits per heavy atom. The van der Waals surface area contributed by atoms with Crippen molar-refractivity contribution in [3.63, 3.8) is 0 Å². The van der Waals surface area contributed by atoms with Crippen LogP contribution in [0.2, 0.25) is 0 Å². The second-order valence-electron chi connectivity index (χ2n) is 2.96. The molecule has 0 aromatic carbocycles. The van der Waals surface area contributed by atoms with Crippen molar-refractivity contribution in [1.82, 2.24) is 4.98 Å². The van der Waals surface area contributed by atoms with Gasteiger partial charge in [0.25, 0.3) is 0 Å². The lowest BCUT2D eigenvalue weighted by Crippen LogP contribution is -2.31. The number of nitrogens with zero attached hydrogens (tertiary/aromatic N) is 3. The maximum atomic E-state index is 12.1. The van der Waals surface area contributed by atoms with Gasteiger partial charge < -0.3 is 4.90 Å². The van der Waals surface area contributed by atoms with Crippen LogP contribution in [0.5, 0.6) is 0 Å². The molecule has 0 saturated heterocycles. The number of hydrogen-bond donors (Lipinski definition) is 0. The van der Waals surface area contributed by atoms with Gasteiger partial charge in [-0.25, -0.2) is 4.98 Å². The molecule has 0 atom stereocenters. The summed E-state index contributed by atoms with van der Waals surface area (Å²) >= 11 is 0. The summed E-state index contributed by atoms with van der Waals surface area (Å²) in [5.41, 5.74) is 0.129. The first-order chi connectivity index (χ1) is 6.94. The van der Waals surface area contributed by atoms with E-state index in [0.29, 0.717) is 0 Å². The minimum Gasteiger partial charge on any atom is -0.349 e. The first-order valence-electron chi connectivity index (χ1n) is 4.07. The summed E-state index contributed by atoms with van der Waals surface area (Å²) in [6.45, 7) is -1.13. The van der Waals surface area contributed by atoms with Crippen LogP contribution in [0.4, 0.5) is 19.0 Å². The van der Waals surface area contributed by atoms with Gasteiger partial charge in [-0.15, -0.1) is 0 Å². The minimum atomic E-state index is -4.31. The van der Waals surface area contributed by atoms with E-state index < -0.39 is 12.7 Å². The zero-order chi connectivity index (χ0) is 11.5. The molecule has 0 fully saturated rings. The van der Waals surface area contributed by atoms with Crippen molar-refractivity contribution in [2.24, 2.45) is 0 Å². The smallest absolute Gasteiger partial charge is 0.349 e. The Kier molecular flexibility index (Phi) is 3.14.